The van der Waals surface area contributed by atoms with E-state index in [9.17, 15) is 14.3 Å². The van der Waals surface area contributed by atoms with Crippen molar-refractivity contribution in [2.45, 2.75) is 6.10 Å². The minimum atomic E-state index is -1.05. The number of carbonyl (C=O) groups is 1. The summed E-state index contributed by atoms with van der Waals surface area (Å²) in [6, 6.07) is 8.25. The summed E-state index contributed by atoms with van der Waals surface area (Å²) in [6.07, 6.45) is -1.05. The SMILES string of the molecule is COC(=O)c1ccc(C(O)c2ccc(F)cc2)o1. The standard InChI is InChI=1S/C13H11FO4/c1-17-13(16)11-7-6-10(18-11)12(15)8-2-4-9(14)5-3-8/h2-7,12,15H,1H3. The lowest BCUT2D eigenvalue weighted by molar-refractivity contribution is 0.0558. The Hall–Kier alpha value is -2.14. The molecule has 1 aromatic carbocycles. The fraction of sp³-hybridized carbons (Fsp3) is 0.154. The molecule has 0 radical (unpaired) electrons. The molecule has 1 atom stereocenters. The number of ether oxygens (including phenoxy) is 1. The molecule has 1 unspecified atom stereocenters. The number of halogens is 1. The van der Waals surface area contributed by atoms with Crippen molar-refractivity contribution >= 4 is 5.97 Å². The number of aliphatic hydroxyl groups is 1. The molecular formula is C13H11FO4. The maximum absolute atomic E-state index is 12.7. The average Bonchev–Trinajstić information content (AvgIpc) is 2.87. The van der Waals surface area contributed by atoms with E-state index in [1.54, 1.807) is 0 Å². The highest BCUT2D eigenvalue weighted by atomic mass is 19.1. The van der Waals surface area contributed by atoms with E-state index in [0.29, 0.717) is 5.56 Å². The van der Waals surface area contributed by atoms with Crippen molar-refractivity contribution in [3.63, 3.8) is 0 Å². The summed E-state index contributed by atoms with van der Waals surface area (Å²) in [5, 5.41) is 9.98. The quantitative estimate of drug-likeness (QED) is 0.849. The van der Waals surface area contributed by atoms with Crippen molar-refractivity contribution < 1.29 is 23.4 Å². The summed E-state index contributed by atoms with van der Waals surface area (Å²) >= 11 is 0. The Morgan fingerprint density at radius 2 is 1.94 bits per heavy atom. The molecule has 5 heteroatoms. The monoisotopic (exact) mass is 250 g/mol. The lowest BCUT2D eigenvalue weighted by Crippen LogP contribution is -2.00. The molecule has 1 N–H and O–H groups in total. The molecule has 2 rings (SSSR count). The van der Waals surface area contributed by atoms with Gasteiger partial charge in [-0.3, -0.25) is 0 Å². The fourth-order valence-electron chi connectivity index (χ4n) is 1.52. The highest BCUT2D eigenvalue weighted by molar-refractivity contribution is 5.86. The molecular weight excluding hydrogens is 239 g/mol. The van der Waals surface area contributed by atoms with Crippen LogP contribution in [0.4, 0.5) is 4.39 Å². The first-order valence-electron chi connectivity index (χ1n) is 5.23. The van der Waals surface area contributed by atoms with Crippen molar-refractivity contribution in [3.8, 4) is 0 Å². The molecule has 0 saturated heterocycles. The van der Waals surface area contributed by atoms with Crippen molar-refractivity contribution in [1.29, 1.82) is 0 Å². The van der Waals surface area contributed by atoms with Gasteiger partial charge in [0, 0.05) is 0 Å². The molecule has 4 nitrogen and oxygen atoms in total. The zero-order valence-electron chi connectivity index (χ0n) is 9.59. The van der Waals surface area contributed by atoms with E-state index in [4.69, 9.17) is 4.42 Å². The van der Waals surface area contributed by atoms with E-state index in [1.165, 1.54) is 43.5 Å². The van der Waals surface area contributed by atoms with Crippen LogP contribution in [0.5, 0.6) is 0 Å². The van der Waals surface area contributed by atoms with Gasteiger partial charge in [0.15, 0.2) is 0 Å². The van der Waals surface area contributed by atoms with Crippen molar-refractivity contribution in [3.05, 3.63) is 59.3 Å². The molecule has 0 aliphatic rings. The van der Waals surface area contributed by atoms with Gasteiger partial charge in [-0.1, -0.05) is 12.1 Å². The maximum Gasteiger partial charge on any atom is 0.373 e. The zero-order valence-corrected chi connectivity index (χ0v) is 9.59. The summed E-state index contributed by atoms with van der Waals surface area (Å²) in [7, 11) is 1.24. The van der Waals surface area contributed by atoms with E-state index in [2.05, 4.69) is 4.74 Å². The van der Waals surface area contributed by atoms with Crippen LogP contribution in [-0.2, 0) is 4.74 Å². The maximum atomic E-state index is 12.7. The van der Waals surface area contributed by atoms with E-state index in [1.807, 2.05) is 0 Å². The van der Waals surface area contributed by atoms with Gasteiger partial charge in [-0.25, -0.2) is 9.18 Å². The number of esters is 1. The number of hydrogen-bond acceptors (Lipinski definition) is 4. The fourth-order valence-corrected chi connectivity index (χ4v) is 1.52. The molecule has 0 aliphatic heterocycles. The van der Waals surface area contributed by atoms with Gasteiger partial charge < -0.3 is 14.3 Å². The van der Waals surface area contributed by atoms with Crippen LogP contribution in [0.2, 0.25) is 0 Å². The molecule has 0 fully saturated rings. The molecule has 0 spiro atoms. The molecule has 0 aliphatic carbocycles. The van der Waals surface area contributed by atoms with Gasteiger partial charge in [0.2, 0.25) is 5.76 Å². The highest BCUT2D eigenvalue weighted by Gasteiger charge is 2.18. The molecule has 1 aromatic heterocycles. The Morgan fingerprint density at radius 3 is 2.56 bits per heavy atom. The second-order valence-corrected chi connectivity index (χ2v) is 3.65. The zero-order chi connectivity index (χ0) is 13.1. The lowest BCUT2D eigenvalue weighted by atomic mass is 10.1. The molecule has 0 bridgehead atoms. The minimum absolute atomic E-state index is 0.00802. The Bertz CT molecular complexity index is 544. The van der Waals surface area contributed by atoms with Crippen LogP contribution < -0.4 is 0 Å². The topological polar surface area (TPSA) is 59.7 Å². The molecule has 0 amide bonds. The largest absolute Gasteiger partial charge is 0.463 e. The third-order valence-corrected chi connectivity index (χ3v) is 2.47. The first-order chi connectivity index (χ1) is 8.61. The Morgan fingerprint density at radius 1 is 1.28 bits per heavy atom. The Balaban J connectivity index is 2.23. The third-order valence-electron chi connectivity index (χ3n) is 2.47. The number of methoxy groups -OCH3 is 1. The van der Waals surface area contributed by atoms with Crippen LogP contribution in [0.25, 0.3) is 0 Å². The average molecular weight is 250 g/mol. The van der Waals surface area contributed by atoms with Crippen molar-refractivity contribution in [2.75, 3.05) is 7.11 Å². The number of carbonyl (C=O) groups excluding carboxylic acids is 1. The van der Waals surface area contributed by atoms with Gasteiger partial charge in [-0.2, -0.15) is 0 Å². The highest BCUT2D eigenvalue weighted by Crippen LogP contribution is 2.24. The first-order valence-corrected chi connectivity index (χ1v) is 5.23. The summed E-state index contributed by atoms with van der Waals surface area (Å²) in [6.45, 7) is 0. The first kappa shape index (κ1) is 12.3. The smallest absolute Gasteiger partial charge is 0.373 e. The van der Waals surface area contributed by atoms with E-state index >= 15 is 0 Å². The minimum Gasteiger partial charge on any atom is -0.463 e. The third kappa shape index (κ3) is 2.41. The predicted molar refractivity (Wildman–Crippen MR) is 60.5 cm³/mol. The summed E-state index contributed by atoms with van der Waals surface area (Å²) in [5.41, 5.74) is 0.474. The van der Waals surface area contributed by atoms with E-state index in [-0.39, 0.29) is 17.3 Å². The van der Waals surface area contributed by atoms with Gasteiger partial charge in [0.25, 0.3) is 0 Å². The van der Waals surface area contributed by atoms with Crippen LogP contribution >= 0.6 is 0 Å². The van der Waals surface area contributed by atoms with Gasteiger partial charge in [0.05, 0.1) is 7.11 Å². The predicted octanol–water partition coefficient (Wildman–Crippen LogP) is 2.29. The summed E-state index contributed by atoms with van der Waals surface area (Å²) in [4.78, 5) is 11.2. The molecule has 1 heterocycles. The number of furan rings is 1. The molecule has 0 saturated carbocycles. The van der Waals surface area contributed by atoms with E-state index in [0.717, 1.165) is 0 Å². The van der Waals surface area contributed by atoms with Gasteiger partial charge in [0.1, 0.15) is 17.7 Å². The van der Waals surface area contributed by atoms with Crippen molar-refractivity contribution in [1.82, 2.24) is 0 Å². The van der Waals surface area contributed by atoms with Crippen LogP contribution in [-0.4, -0.2) is 18.2 Å². The van der Waals surface area contributed by atoms with Crippen molar-refractivity contribution in [2.24, 2.45) is 0 Å². The normalized spacial score (nSPS) is 12.2. The van der Waals surface area contributed by atoms with Crippen LogP contribution in [0.1, 0.15) is 28.0 Å². The number of benzene rings is 1. The summed E-state index contributed by atoms with van der Waals surface area (Å²) in [5.74, 6) is -0.802. The van der Waals surface area contributed by atoms with Gasteiger partial charge in [-0.15, -0.1) is 0 Å². The van der Waals surface area contributed by atoms with E-state index < -0.39 is 12.1 Å². The Labute approximate surface area is 103 Å². The number of aliphatic hydroxyl groups excluding tert-OH is 1. The molecule has 2 aromatic rings. The molecule has 94 valence electrons. The lowest BCUT2D eigenvalue weighted by Gasteiger charge is -2.07. The van der Waals surface area contributed by atoms with Crippen LogP contribution in [0, 0.1) is 5.82 Å². The number of hydrogen-bond donors (Lipinski definition) is 1. The number of rotatable bonds is 3. The Kier molecular flexibility index (Phi) is 3.43. The second kappa shape index (κ2) is 5.01. The van der Waals surface area contributed by atoms with Crippen LogP contribution in [0.15, 0.2) is 40.8 Å². The molecule has 18 heavy (non-hydrogen) atoms. The van der Waals surface area contributed by atoms with Gasteiger partial charge >= 0.3 is 5.97 Å². The van der Waals surface area contributed by atoms with Gasteiger partial charge in [-0.05, 0) is 29.8 Å². The second-order valence-electron chi connectivity index (χ2n) is 3.65. The van der Waals surface area contributed by atoms with Crippen LogP contribution in [0.3, 0.4) is 0 Å². The summed E-state index contributed by atoms with van der Waals surface area (Å²) < 4.78 is 22.4.